The quantitative estimate of drug-likeness (QED) is 0.677. The molecule has 0 aliphatic rings. The molecule has 0 bridgehead atoms. The lowest BCUT2D eigenvalue weighted by molar-refractivity contribution is 0.393. The summed E-state index contributed by atoms with van der Waals surface area (Å²) in [4.78, 5) is 0.211. The zero-order chi connectivity index (χ0) is 19.1. The van der Waals surface area contributed by atoms with Gasteiger partial charge in [-0.15, -0.1) is 0 Å². The Bertz CT molecular complexity index is 1060. The lowest BCUT2D eigenvalue weighted by Gasteiger charge is -2.11. The van der Waals surface area contributed by atoms with E-state index in [2.05, 4.69) is 5.16 Å². The molecule has 0 aliphatic heterocycles. The average Bonchev–Trinajstić information content (AvgIpc) is 2.90. The van der Waals surface area contributed by atoms with E-state index in [0.717, 1.165) is 11.1 Å². The number of benzene rings is 2. The van der Waals surface area contributed by atoms with Crippen molar-refractivity contribution in [2.45, 2.75) is 31.4 Å². The van der Waals surface area contributed by atoms with E-state index in [9.17, 15) is 18.6 Å². The molecule has 2 N–H and O–H groups in total. The van der Waals surface area contributed by atoms with Gasteiger partial charge in [0, 0.05) is 5.56 Å². The Hall–Kier alpha value is -2.80. The number of sulfone groups is 1. The predicted octanol–water partition coefficient (Wildman–Crippen LogP) is 3.65. The third kappa shape index (κ3) is 3.30. The fourth-order valence-corrected chi connectivity index (χ4v) is 4.58. The van der Waals surface area contributed by atoms with Gasteiger partial charge in [-0.1, -0.05) is 23.4 Å². The second kappa shape index (κ2) is 6.49. The second-order valence-corrected chi connectivity index (χ2v) is 8.22. The molecule has 1 aromatic heterocycles. The number of hydrogen-bond acceptors (Lipinski definition) is 6. The van der Waals surface area contributed by atoms with Crippen LogP contribution in [-0.2, 0) is 15.6 Å². The van der Waals surface area contributed by atoms with Crippen molar-refractivity contribution in [2.24, 2.45) is 0 Å². The molecule has 3 aromatic rings. The first-order chi connectivity index (χ1) is 12.2. The van der Waals surface area contributed by atoms with Crippen molar-refractivity contribution in [1.82, 2.24) is 5.16 Å². The number of aromatic nitrogens is 1. The van der Waals surface area contributed by atoms with Crippen LogP contribution in [0.25, 0.3) is 11.1 Å². The summed E-state index contributed by atoms with van der Waals surface area (Å²) < 4.78 is 31.0. The second-order valence-electron chi connectivity index (χ2n) is 6.26. The first-order valence-electron chi connectivity index (χ1n) is 7.96. The number of nitrogens with zero attached hydrogens (tertiary/aromatic N) is 1. The minimum Gasteiger partial charge on any atom is -0.504 e. The standard InChI is InChI=1S/C19H19NO5S/c1-11-4-6-15(19-12(2)20-25-13(19)3)9-18(11)26(23,24)10-14-5-7-16(21)17(22)8-14/h4-9,21-22H,10H2,1-3H3. The van der Waals surface area contributed by atoms with Crippen molar-refractivity contribution in [3.05, 3.63) is 59.0 Å². The molecule has 26 heavy (non-hydrogen) atoms. The highest BCUT2D eigenvalue weighted by molar-refractivity contribution is 7.90. The zero-order valence-electron chi connectivity index (χ0n) is 14.6. The molecule has 0 saturated heterocycles. The first kappa shape index (κ1) is 18.0. The van der Waals surface area contributed by atoms with Crippen molar-refractivity contribution in [1.29, 1.82) is 0 Å². The van der Waals surface area contributed by atoms with Gasteiger partial charge in [0.1, 0.15) is 5.76 Å². The van der Waals surface area contributed by atoms with Gasteiger partial charge < -0.3 is 14.7 Å². The minimum absolute atomic E-state index is 0.211. The Morgan fingerprint density at radius 3 is 2.35 bits per heavy atom. The fourth-order valence-electron chi connectivity index (χ4n) is 2.94. The molecule has 3 rings (SSSR count). The number of rotatable bonds is 4. The molecule has 0 atom stereocenters. The summed E-state index contributed by atoms with van der Waals surface area (Å²) >= 11 is 0. The Kier molecular flexibility index (Phi) is 4.50. The highest BCUT2D eigenvalue weighted by atomic mass is 32.2. The number of aromatic hydroxyl groups is 2. The lowest BCUT2D eigenvalue weighted by Crippen LogP contribution is -2.07. The maximum Gasteiger partial charge on any atom is 0.182 e. The Labute approximate surface area is 151 Å². The van der Waals surface area contributed by atoms with Crippen LogP contribution in [0.2, 0.25) is 0 Å². The molecule has 136 valence electrons. The molecule has 0 spiro atoms. The Morgan fingerprint density at radius 2 is 1.73 bits per heavy atom. The van der Waals surface area contributed by atoms with Crippen LogP contribution in [0.4, 0.5) is 0 Å². The van der Waals surface area contributed by atoms with Gasteiger partial charge in [-0.3, -0.25) is 0 Å². The molecule has 0 fully saturated rings. The molecular weight excluding hydrogens is 354 g/mol. The van der Waals surface area contributed by atoms with E-state index in [1.54, 1.807) is 32.9 Å². The molecular formula is C19H19NO5S. The number of phenolic OH excluding ortho intramolecular Hbond substituents is 2. The third-order valence-electron chi connectivity index (χ3n) is 4.24. The van der Waals surface area contributed by atoms with E-state index < -0.39 is 9.84 Å². The zero-order valence-corrected chi connectivity index (χ0v) is 15.5. The summed E-state index contributed by atoms with van der Waals surface area (Å²) in [6.07, 6.45) is 0. The summed E-state index contributed by atoms with van der Waals surface area (Å²) in [6, 6.07) is 9.21. The summed E-state index contributed by atoms with van der Waals surface area (Å²) in [5.74, 6) is -0.299. The molecule has 0 radical (unpaired) electrons. The normalized spacial score (nSPS) is 11.7. The summed E-state index contributed by atoms with van der Waals surface area (Å²) in [7, 11) is -3.66. The van der Waals surface area contributed by atoms with Crippen LogP contribution >= 0.6 is 0 Å². The molecule has 2 aromatic carbocycles. The van der Waals surface area contributed by atoms with Crippen LogP contribution in [0.1, 0.15) is 22.6 Å². The van der Waals surface area contributed by atoms with Crippen LogP contribution in [0.5, 0.6) is 11.5 Å². The highest BCUT2D eigenvalue weighted by Gasteiger charge is 2.21. The van der Waals surface area contributed by atoms with E-state index in [1.807, 2.05) is 6.07 Å². The van der Waals surface area contributed by atoms with Gasteiger partial charge in [0.15, 0.2) is 21.3 Å². The third-order valence-corrected chi connectivity index (χ3v) is 6.07. The lowest BCUT2D eigenvalue weighted by atomic mass is 10.0. The van der Waals surface area contributed by atoms with E-state index in [4.69, 9.17) is 4.52 Å². The molecule has 0 aliphatic carbocycles. The Morgan fingerprint density at radius 1 is 1.00 bits per heavy atom. The monoisotopic (exact) mass is 373 g/mol. The van der Waals surface area contributed by atoms with Gasteiger partial charge >= 0.3 is 0 Å². The van der Waals surface area contributed by atoms with Crippen LogP contribution in [0.3, 0.4) is 0 Å². The number of phenols is 2. The summed E-state index contributed by atoms with van der Waals surface area (Å²) in [6.45, 7) is 5.32. The average molecular weight is 373 g/mol. The van der Waals surface area contributed by atoms with Crippen molar-refractivity contribution in [2.75, 3.05) is 0 Å². The Balaban J connectivity index is 2.04. The minimum atomic E-state index is -3.66. The SMILES string of the molecule is Cc1ccc(-c2c(C)noc2C)cc1S(=O)(=O)Cc1ccc(O)c(O)c1. The fraction of sp³-hybridized carbons (Fsp3) is 0.211. The van der Waals surface area contributed by atoms with Crippen molar-refractivity contribution < 1.29 is 23.2 Å². The van der Waals surface area contributed by atoms with Gasteiger partial charge in [-0.2, -0.15) is 0 Å². The largest absolute Gasteiger partial charge is 0.504 e. The van der Waals surface area contributed by atoms with Gasteiger partial charge in [-0.25, -0.2) is 8.42 Å². The van der Waals surface area contributed by atoms with Gasteiger partial charge in [0.2, 0.25) is 0 Å². The van der Waals surface area contributed by atoms with E-state index in [0.29, 0.717) is 22.6 Å². The molecule has 1 heterocycles. The van der Waals surface area contributed by atoms with Gasteiger partial charge in [0.25, 0.3) is 0 Å². The maximum absolute atomic E-state index is 12.9. The van der Waals surface area contributed by atoms with Crippen LogP contribution in [-0.4, -0.2) is 23.8 Å². The van der Waals surface area contributed by atoms with Crippen molar-refractivity contribution in [3.63, 3.8) is 0 Å². The summed E-state index contributed by atoms with van der Waals surface area (Å²) in [5, 5.41) is 22.9. The van der Waals surface area contributed by atoms with Crippen molar-refractivity contribution in [3.8, 4) is 22.6 Å². The van der Waals surface area contributed by atoms with Gasteiger partial charge in [-0.05, 0) is 55.7 Å². The van der Waals surface area contributed by atoms with E-state index in [-0.39, 0.29) is 22.1 Å². The first-order valence-corrected chi connectivity index (χ1v) is 9.62. The van der Waals surface area contributed by atoms with E-state index in [1.165, 1.54) is 18.2 Å². The van der Waals surface area contributed by atoms with Crippen molar-refractivity contribution >= 4 is 9.84 Å². The molecule has 0 saturated carbocycles. The predicted molar refractivity (Wildman–Crippen MR) is 96.8 cm³/mol. The van der Waals surface area contributed by atoms with E-state index >= 15 is 0 Å². The maximum atomic E-state index is 12.9. The van der Waals surface area contributed by atoms with Crippen LogP contribution in [0, 0.1) is 20.8 Å². The molecule has 0 unspecified atom stereocenters. The number of aryl methyl sites for hydroxylation is 3. The number of hydrogen-bond donors (Lipinski definition) is 2. The molecule has 6 nitrogen and oxygen atoms in total. The summed E-state index contributed by atoms with van der Waals surface area (Å²) in [5.41, 5.74) is 3.21. The van der Waals surface area contributed by atoms with Gasteiger partial charge in [0.05, 0.1) is 16.3 Å². The smallest absolute Gasteiger partial charge is 0.182 e. The molecule has 0 amide bonds. The highest BCUT2D eigenvalue weighted by Crippen LogP contribution is 2.32. The van der Waals surface area contributed by atoms with Crippen LogP contribution in [0.15, 0.2) is 45.8 Å². The van der Waals surface area contributed by atoms with Crippen LogP contribution < -0.4 is 0 Å². The topological polar surface area (TPSA) is 101 Å². The molecule has 7 heteroatoms.